The summed E-state index contributed by atoms with van der Waals surface area (Å²) in [6.07, 6.45) is 5.96. The molecule has 0 saturated heterocycles. The van der Waals surface area contributed by atoms with Gasteiger partial charge in [0.05, 0.1) is 31.2 Å². The van der Waals surface area contributed by atoms with Crippen LogP contribution < -0.4 is 0 Å². The average molecular weight is 511 g/mol. The molecule has 3 aliphatic rings. The first-order valence-corrected chi connectivity index (χ1v) is 10.6. The molecule has 0 fully saturated rings. The number of ether oxygens (including phenoxy) is 2. The monoisotopic (exact) mass is 511 g/mol. The Balaban J connectivity index is 1.96. The Morgan fingerprint density at radius 1 is 0.933 bits per heavy atom. The largest absolute Gasteiger partial charge is 0.466 e. The Labute approximate surface area is 187 Å². The standard InChI is InChI=1S/C24H18INO4/c1-29-22(27)20-21(23(28)30-2)26-13-14(25)11-12-19(26)24(20)17-9-5-3-7-15(17)16-8-4-6-10-18(16)24/h3-13,19H,1-2H3. The van der Waals surface area contributed by atoms with E-state index in [9.17, 15) is 9.59 Å². The van der Waals surface area contributed by atoms with Crippen molar-refractivity contribution >= 4 is 34.5 Å². The lowest BCUT2D eigenvalue weighted by molar-refractivity contribution is -0.140. The molecular weight excluding hydrogens is 493 g/mol. The molecule has 6 heteroatoms. The molecule has 0 radical (unpaired) electrons. The fraction of sp³-hybridized carbons (Fsp3) is 0.167. The predicted octanol–water partition coefficient (Wildman–Crippen LogP) is 4.08. The first kappa shape index (κ1) is 19.1. The summed E-state index contributed by atoms with van der Waals surface area (Å²) in [5, 5.41) is 0. The molecule has 0 N–H and O–H groups in total. The average Bonchev–Trinajstić information content (AvgIpc) is 3.24. The van der Waals surface area contributed by atoms with Gasteiger partial charge in [-0.25, -0.2) is 9.59 Å². The molecule has 1 aliphatic carbocycles. The van der Waals surface area contributed by atoms with Gasteiger partial charge in [0.1, 0.15) is 5.70 Å². The van der Waals surface area contributed by atoms with Crippen molar-refractivity contribution in [3.8, 4) is 11.1 Å². The Bertz CT molecular complexity index is 1150. The van der Waals surface area contributed by atoms with Crippen LogP contribution in [0.2, 0.25) is 0 Å². The van der Waals surface area contributed by atoms with Crippen LogP contribution in [0.3, 0.4) is 0 Å². The molecule has 1 atom stereocenters. The van der Waals surface area contributed by atoms with Crippen molar-refractivity contribution in [1.82, 2.24) is 4.90 Å². The maximum Gasteiger partial charge on any atom is 0.355 e. The summed E-state index contributed by atoms with van der Waals surface area (Å²) in [6.45, 7) is 0. The Kier molecular flexibility index (Phi) is 4.36. The summed E-state index contributed by atoms with van der Waals surface area (Å²) in [5.41, 5.74) is 3.72. The lowest BCUT2D eigenvalue weighted by atomic mass is 9.68. The number of fused-ring (bicyclic) bond motifs is 7. The summed E-state index contributed by atoms with van der Waals surface area (Å²) >= 11 is 2.21. The number of hydrogen-bond donors (Lipinski definition) is 0. The molecule has 2 heterocycles. The van der Waals surface area contributed by atoms with E-state index in [4.69, 9.17) is 9.47 Å². The van der Waals surface area contributed by atoms with Crippen molar-refractivity contribution in [3.63, 3.8) is 0 Å². The molecule has 1 unspecified atom stereocenters. The van der Waals surface area contributed by atoms with Gasteiger partial charge in [0.15, 0.2) is 0 Å². The summed E-state index contributed by atoms with van der Waals surface area (Å²) in [6, 6.07) is 15.8. The zero-order valence-electron chi connectivity index (χ0n) is 16.4. The third-order valence-corrected chi connectivity index (χ3v) is 6.73. The quantitative estimate of drug-likeness (QED) is 0.450. The highest BCUT2D eigenvalue weighted by Gasteiger charge is 2.62. The summed E-state index contributed by atoms with van der Waals surface area (Å²) in [4.78, 5) is 28.1. The van der Waals surface area contributed by atoms with E-state index in [-0.39, 0.29) is 11.7 Å². The predicted molar refractivity (Wildman–Crippen MR) is 121 cm³/mol. The van der Waals surface area contributed by atoms with E-state index in [0.717, 1.165) is 25.8 Å². The number of rotatable bonds is 2. The lowest BCUT2D eigenvalue weighted by Gasteiger charge is -2.38. The van der Waals surface area contributed by atoms with Crippen LogP contribution >= 0.6 is 22.6 Å². The molecule has 2 aliphatic heterocycles. The maximum atomic E-state index is 13.3. The van der Waals surface area contributed by atoms with Crippen LogP contribution in [0.4, 0.5) is 0 Å². The normalized spacial score (nSPS) is 19.9. The summed E-state index contributed by atoms with van der Waals surface area (Å²) in [7, 11) is 2.67. The number of halogens is 1. The van der Waals surface area contributed by atoms with Crippen molar-refractivity contribution in [2.24, 2.45) is 0 Å². The smallest absolute Gasteiger partial charge is 0.355 e. The summed E-state index contributed by atoms with van der Waals surface area (Å²) in [5.74, 6) is -1.09. The highest BCUT2D eigenvalue weighted by Crippen LogP contribution is 2.60. The molecule has 1 spiro atoms. The second-order valence-corrected chi connectivity index (χ2v) is 8.58. The molecule has 5 rings (SSSR count). The van der Waals surface area contributed by atoms with Gasteiger partial charge >= 0.3 is 11.9 Å². The highest BCUT2D eigenvalue weighted by atomic mass is 127. The van der Waals surface area contributed by atoms with Crippen LogP contribution in [-0.4, -0.2) is 37.1 Å². The van der Waals surface area contributed by atoms with Crippen molar-refractivity contribution in [3.05, 3.63) is 92.9 Å². The molecule has 150 valence electrons. The molecule has 0 bridgehead atoms. The number of carbonyl (C=O) groups is 2. The fourth-order valence-electron chi connectivity index (χ4n) is 5.07. The van der Waals surface area contributed by atoms with Crippen molar-refractivity contribution < 1.29 is 19.1 Å². The molecule has 2 aromatic carbocycles. The van der Waals surface area contributed by atoms with Crippen LogP contribution in [0.15, 0.2) is 81.7 Å². The van der Waals surface area contributed by atoms with Gasteiger partial charge in [-0.15, -0.1) is 0 Å². The Morgan fingerprint density at radius 2 is 1.50 bits per heavy atom. The van der Waals surface area contributed by atoms with Crippen LogP contribution in [-0.2, 0) is 24.5 Å². The number of hydrogen-bond acceptors (Lipinski definition) is 5. The number of methoxy groups -OCH3 is 2. The minimum absolute atomic E-state index is 0.222. The lowest BCUT2D eigenvalue weighted by Crippen LogP contribution is -2.44. The second kappa shape index (κ2) is 6.84. The van der Waals surface area contributed by atoms with Gasteiger partial charge in [0.2, 0.25) is 0 Å². The molecule has 0 aromatic heterocycles. The van der Waals surface area contributed by atoms with Crippen molar-refractivity contribution in [1.29, 1.82) is 0 Å². The van der Waals surface area contributed by atoms with Gasteiger partial charge in [-0.3, -0.25) is 0 Å². The van der Waals surface area contributed by atoms with Gasteiger partial charge < -0.3 is 14.4 Å². The topological polar surface area (TPSA) is 55.8 Å². The molecule has 0 amide bonds. The zero-order chi connectivity index (χ0) is 21.0. The van der Waals surface area contributed by atoms with Crippen LogP contribution in [0.1, 0.15) is 11.1 Å². The van der Waals surface area contributed by atoms with Gasteiger partial charge in [-0.1, -0.05) is 54.6 Å². The van der Waals surface area contributed by atoms with Crippen molar-refractivity contribution in [2.75, 3.05) is 14.2 Å². The first-order valence-electron chi connectivity index (χ1n) is 9.50. The van der Waals surface area contributed by atoms with Crippen LogP contribution in [0.25, 0.3) is 11.1 Å². The third kappa shape index (κ3) is 2.28. The van der Waals surface area contributed by atoms with Crippen LogP contribution in [0, 0.1) is 0 Å². The number of benzene rings is 2. The Morgan fingerprint density at radius 3 is 2.07 bits per heavy atom. The second-order valence-electron chi connectivity index (χ2n) is 7.33. The van der Waals surface area contributed by atoms with Gasteiger partial charge in [-0.2, -0.15) is 0 Å². The number of carbonyl (C=O) groups excluding carboxylic acids is 2. The number of esters is 2. The Hall–Kier alpha value is -2.87. The highest BCUT2D eigenvalue weighted by molar-refractivity contribution is 14.1. The summed E-state index contributed by atoms with van der Waals surface area (Å²) < 4.78 is 11.3. The van der Waals surface area contributed by atoms with E-state index in [1.54, 1.807) is 0 Å². The van der Waals surface area contributed by atoms with Crippen LogP contribution in [0.5, 0.6) is 0 Å². The van der Waals surface area contributed by atoms with E-state index in [2.05, 4.69) is 40.8 Å². The minimum Gasteiger partial charge on any atom is -0.466 e. The molecule has 0 saturated carbocycles. The maximum absolute atomic E-state index is 13.3. The van der Waals surface area contributed by atoms with Gasteiger partial charge in [0, 0.05) is 9.78 Å². The SMILES string of the molecule is COC(=O)C1=C(C(=O)OC)C2(c3ccccc3-c3ccccc32)C2C=CC(I)=CN12. The van der Waals surface area contributed by atoms with E-state index in [1.807, 2.05) is 53.6 Å². The fourth-order valence-corrected chi connectivity index (χ4v) is 5.58. The van der Waals surface area contributed by atoms with Gasteiger partial charge in [-0.05, 0) is 50.9 Å². The third-order valence-electron chi connectivity index (χ3n) is 6.10. The van der Waals surface area contributed by atoms with E-state index in [0.29, 0.717) is 5.57 Å². The molecule has 5 nitrogen and oxygen atoms in total. The minimum atomic E-state index is -0.881. The molecular formula is C24H18INO4. The van der Waals surface area contributed by atoms with E-state index < -0.39 is 17.4 Å². The first-order chi connectivity index (χ1) is 14.6. The van der Waals surface area contributed by atoms with E-state index in [1.165, 1.54) is 14.2 Å². The zero-order valence-corrected chi connectivity index (χ0v) is 18.5. The van der Waals surface area contributed by atoms with Gasteiger partial charge in [0.25, 0.3) is 0 Å². The number of allylic oxidation sites excluding steroid dienone is 2. The van der Waals surface area contributed by atoms with Crippen molar-refractivity contribution in [2.45, 2.75) is 11.5 Å². The number of nitrogens with zero attached hydrogens (tertiary/aromatic N) is 1. The molecule has 30 heavy (non-hydrogen) atoms. The van der Waals surface area contributed by atoms with E-state index >= 15 is 0 Å². The molecule has 2 aromatic rings.